The number of carbonyl (C=O) groups is 1. The topological polar surface area (TPSA) is 61.4 Å². The summed E-state index contributed by atoms with van der Waals surface area (Å²) in [4.78, 5) is 11.1. The van der Waals surface area contributed by atoms with E-state index in [1.165, 1.54) is 25.7 Å². The van der Waals surface area contributed by atoms with Crippen molar-refractivity contribution < 1.29 is 9.90 Å². The summed E-state index contributed by atoms with van der Waals surface area (Å²) in [5, 5.41) is 14.1. The highest BCUT2D eigenvalue weighted by Gasteiger charge is 2.11. The predicted molar refractivity (Wildman–Crippen MR) is 59.3 cm³/mol. The van der Waals surface area contributed by atoms with Gasteiger partial charge in [0, 0.05) is 12.7 Å². The van der Waals surface area contributed by atoms with E-state index in [1.54, 1.807) is 13.1 Å². The maximum Gasteiger partial charge on any atom is 0.318 e. The lowest BCUT2D eigenvalue weighted by Gasteiger charge is -2.06. The molecular formula is C11H20N2O2. The Labute approximate surface area is 90.7 Å². The summed E-state index contributed by atoms with van der Waals surface area (Å²) in [6, 6.07) is -0.259. The summed E-state index contributed by atoms with van der Waals surface area (Å²) in [6.45, 7) is 1.91. The van der Waals surface area contributed by atoms with Crippen LogP contribution in [-0.4, -0.2) is 23.8 Å². The number of allylic oxidation sites excluding steroid dienone is 1. The van der Waals surface area contributed by atoms with Crippen molar-refractivity contribution in [3.63, 3.8) is 0 Å². The second kappa shape index (κ2) is 6.45. The first-order chi connectivity index (χ1) is 7.18. The molecule has 0 aliphatic heterocycles. The third-order valence-electron chi connectivity index (χ3n) is 2.54. The van der Waals surface area contributed by atoms with Crippen molar-refractivity contribution in [1.29, 1.82) is 0 Å². The molecule has 1 fully saturated rings. The molecule has 0 radical (unpaired) electrons. The van der Waals surface area contributed by atoms with E-state index in [2.05, 4.69) is 16.7 Å². The van der Waals surface area contributed by atoms with E-state index >= 15 is 0 Å². The van der Waals surface area contributed by atoms with Crippen molar-refractivity contribution in [2.75, 3.05) is 6.54 Å². The molecule has 4 heteroatoms. The zero-order valence-electron chi connectivity index (χ0n) is 9.20. The minimum absolute atomic E-state index is 0.259. The van der Waals surface area contributed by atoms with Crippen LogP contribution in [0.3, 0.4) is 0 Å². The number of amides is 2. The lowest BCUT2D eigenvalue weighted by Crippen LogP contribution is -2.36. The van der Waals surface area contributed by atoms with Gasteiger partial charge in [-0.25, -0.2) is 4.79 Å². The van der Waals surface area contributed by atoms with Crippen molar-refractivity contribution in [2.45, 2.75) is 38.7 Å². The van der Waals surface area contributed by atoms with Crippen LogP contribution in [0.25, 0.3) is 0 Å². The molecule has 0 aromatic heterocycles. The highest BCUT2D eigenvalue weighted by molar-refractivity contribution is 5.74. The minimum atomic E-state index is -0.505. The first-order valence-electron chi connectivity index (χ1n) is 5.57. The summed E-state index contributed by atoms with van der Waals surface area (Å²) >= 11 is 0. The van der Waals surface area contributed by atoms with Gasteiger partial charge >= 0.3 is 6.03 Å². The Bertz CT molecular complexity index is 221. The van der Waals surface area contributed by atoms with Crippen molar-refractivity contribution in [3.05, 3.63) is 12.3 Å². The SMILES string of the molecule is CC(O)CNC(=O)N/C=C/C1CCCC1. The number of aliphatic hydroxyl groups is 1. The van der Waals surface area contributed by atoms with Gasteiger partial charge in [0.15, 0.2) is 0 Å². The van der Waals surface area contributed by atoms with E-state index in [0.717, 1.165) is 0 Å². The van der Waals surface area contributed by atoms with Gasteiger partial charge in [-0.3, -0.25) is 0 Å². The molecule has 1 rings (SSSR count). The molecule has 0 bridgehead atoms. The van der Waals surface area contributed by atoms with Crippen molar-refractivity contribution in [2.24, 2.45) is 5.92 Å². The summed E-state index contributed by atoms with van der Waals surface area (Å²) < 4.78 is 0. The molecule has 1 saturated carbocycles. The zero-order valence-corrected chi connectivity index (χ0v) is 9.20. The first-order valence-corrected chi connectivity index (χ1v) is 5.57. The van der Waals surface area contributed by atoms with Crippen LogP contribution in [0.2, 0.25) is 0 Å². The minimum Gasteiger partial charge on any atom is -0.392 e. The van der Waals surface area contributed by atoms with Crippen LogP contribution in [0.15, 0.2) is 12.3 Å². The highest BCUT2D eigenvalue weighted by atomic mass is 16.3. The van der Waals surface area contributed by atoms with E-state index in [-0.39, 0.29) is 12.6 Å². The molecule has 1 atom stereocenters. The summed E-state index contributed by atoms with van der Waals surface area (Å²) in [7, 11) is 0. The molecule has 0 aromatic carbocycles. The van der Waals surface area contributed by atoms with Gasteiger partial charge in [0.2, 0.25) is 0 Å². The maximum absolute atomic E-state index is 11.1. The fourth-order valence-electron chi connectivity index (χ4n) is 1.70. The van der Waals surface area contributed by atoms with Crippen molar-refractivity contribution in [1.82, 2.24) is 10.6 Å². The predicted octanol–water partition coefficient (Wildman–Crippen LogP) is 1.37. The van der Waals surface area contributed by atoms with E-state index < -0.39 is 6.10 Å². The molecule has 0 heterocycles. The third-order valence-corrected chi connectivity index (χ3v) is 2.54. The van der Waals surface area contributed by atoms with Crippen LogP contribution in [0.5, 0.6) is 0 Å². The maximum atomic E-state index is 11.1. The fraction of sp³-hybridized carbons (Fsp3) is 0.727. The Hall–Kier alpha value is -1.03. The fourth-order valence-corrected chi connectivity index (χ4v) is 1.70. The molecule has 0 aromatic rings. The summed E-state index contributed by atoms with van der Waals surface area (Å²) in [6.07, 6.45) is 8.30. The van der Waals surface area contributed by atoms with Crippen LogP contribution in [0.4, 0.5) is 4.79 Å². The number of rotatable bonds is 4. The molecule has 15 heavy (non-hydrogen) atoms. The normalized spacial score (nSPS) is 19.3. The summed E-state index contributed by atoms with van der Waals surface area (Å²) in [5.74, 6) is 0.627. The Morgan fingerprint density at radius 2 is 2.20 bits per heavy atom. The molecule has 1 aliphatic carbocycles. The number of hydrogen-bond acceptors (Lipinski definition) is 2. The molecule has 1 unspecified atom stereocenters. The van der Waals surface area contributed by atoms with E-state index in [0.29, 0.717) is 5.92 Å². The quantitative estimate of drug-likeness (QED) is 0.659. The van der Waals surface area contributed by atoms with Gasteiger partial charge in [-0.05, 0) is 25.7 Å². The standard InChI is InChI=1S/C11H20N2O2/c1-9(14)8-13-11(15)12-7-6-10-4-2-3-5-10/h6-7,9-10,14H,2-5,8H2,1H3,(H2,12,13,15)/b7-6+. The highest BCUT2D eigenvalue weighted by Crippen LogP contribution is 2.25. The molecule has 0 saturated heterocycles. The average molecular weight is 212 g/mol. The second-order valence-electron chi connectivity index (χ2n) is 4.11. The number of nitrogens with one attached hydrogen (secondary N) is 2. The lowest BCUT2D eigenvalue weighted by molar-refractivity contribution is 0.188. The third kappa shape index (κ3) is 5.42. The van der Waals surface area contributed by atoms with E-state index in [9.17, 15) is 4.79 Å². The van der Waals surface area contributed by atoms with E-state index in [4.69, 9.17) is 5.11 Å². The molecule has 0 spiro atoms. The van der Waals surface area contributed by atoms with Crippen LogP contribution < -0.4 is 10.6 Å². The van der Waals surface area contributed by atoms with Crippen LogP contribution in [0.1, 0.15) is 32.6 Å². The van der Waals surface area contributed by atoms with Gasteiger partial charge in [-0.2, -0.15) is 0 Å². The Morgan fingerprint density at radius 1 is 1.53 bits per heavy atom. The molecule has 86 valence electrons. The van der Waals surface area contributed by atoms with Gasteiger partial charge < -0.3 is 15.7 Å². The number of aliphatic hydroxyl groups excluding tert-OH is 1. The molecule has 2 amide bonds. The summed E-state index contributed by atoms with van der Waals surface area (Å²) in [5.41, 5.74) is 0. The van der Waals surface area contributed by atoms with Gasteiger partial charge in [-0.1, -0.05) is 18.9 Å². The van der Waals surface area contributed by atoms with Gasteiger partial charge in [0.1, 0.15) is 0 Å². The van der Waals surface area contributed by atoms with Crippen molar-refractivity contribution in [3.8, 4) is 0 Å². The molecular weight excluding hydrogens is 192 g/mol. The Balaban J connectivity index is 2.10. The first kappa shape index (κ1) is 12.0. The lowest BCUT2D eigenvalue weighted by atomic mass is 10.1. The Morgan fingerprint density at radius 3 is 2.80 bits per heavy atom. The van der Waals surface area contributed by atoms with Gasteiger partial charge in [0.25, 0.3) is 0 Å². The van der Waals surface area contributed by atoms with E-state index in [1.807, 2.05) is 0 Å². The number of hydrogen-bond donors (Lipinski definition) is 3. The van der Waals surface area contributed by atoms with Crippen molar-refractivity contribution >= 4 is 6.03 Å². The van der Waals surface area contributed by atoms with Gasteiger partial charge in [0.05, 0.1) is 6.10 Å². The largest absolute Gasteiger partial charge is 0.392 e. The number of urea groups is 1. The number of carbonyl (C=O) groups excluding carboxylic acids is 1. The van der Waals surface area contributed by atoms with Crippen LogP contribution >= 0.6 is 0 Å². The smallest absolute Gasteiger partial charge is 0.318 e. The molecule has 3 N–H and O–H groups in total. The van der Waals surface area contributed by atoms with Crippen LogP contribution in [-0.2, 0) is 0 Å². The monoisotopic (exact) mass is 212 g/mol. The second-order valence-corrected chi connectivity index (χ2v) is 4.11. The zero-order chi connectivity index (χ0) is 11.1. The van der Waals surface area contributed by atoms with Crippen LogP contribution in [0, 0.1) is 5.92 Å². The van der Waals surface area contributed by atoms with Gasteiger partial charge in [-0.15, -0.1) is 0 Å². The Kier molecular flexibility index (Phi) is 5.18. The average Bonchev–Trinajstić information content (AvgIpc) is 2.67. The molecule has 4 nitrogen and oxygen atoms in total. The molecule has 1 aliphatic rings.